The first kappa shape index (κ1) is 17.7. The summed E-state index contributed by atoms with van der Waals surface area (Å²) in [4.78, 5) is 38.1. The fraction of sp³-hybridized carbons (Fsp3) is 0.136. The van der Waals surface area contributed by atoms with E-state index in [4.69, 9.17) is 5.73 Å². The second kappa shape index (κ2) is 7.15. The van der Waals surface area contributed by atoms with Gasteiger partial charge in [0.2, 0.25) is 17.7 Å². The van der Waals surface area contributed by atoms with Crippen LogP contribution in [0.15, 0.2) is 66.7 Å². The highest BCUT2D eigenvalue weighted by Gasteiger charge is 2.35. The number of nitrogens with two attached hydrogens (primary N) is 1. The maximum Gasteiger partial charge on any atom is 0.248 e. The average Bonchev–Trinajstić information content (AvgIpc) is 3.09. The molecule has 1 atom stereocenters. The van der Waals surface area contributed by atoms with Crippen LogP contribution in [0.1, 0.15) is 16.8 Å². The molecule has 4 rings (SSSR count). The molecule has 1 fully saturated rings. The van der Waals surface area contributed by atoms with Gasteiger partial charge in [-0.05, 0) is 35.7 Å². The van der Waals surface area contributed by atoms with Crippen molar-refractivity contribution in [3.05, 3.63) is 72.3 Å². The number of amides is 3. The maximum absolute atomic E-state index is 12.6. The van der Waals surface area contributed by atoms with E-state index in [-0.39, 0.29) is 18.2 Å². The summed E-state index contributed by atoms with van der Waals surface area (Å²) in [5, 5.41) is 4.85. The molecule has 1 aliphatic rings. The van der Waals surface area contributed by atoms with E-state index >= 15 is 0 Å². The van der Waals surface area contributed by atoms with E-state index in [1.165, 1.54) is 0 Å². The van der Waals surface area contributed by atoms with Crippen molar-refractivity contribution < 1.29 is 14.4 Å². The summed E-state index contributed by atoms with van der Waals surface area (Å²) in [6.07, 6.45) is 0.161. The molecule has 28 heavy (non-hydrogen) atoms. The number of nitrogens with one attached hydrogen (secondary N) is 1. The molecule has 6 heteroatoms. The Morgan fingerprint density at radius 3 is 2.43 bits per heavy atom. The van der Waals surface area contributed by atoms with E-state index in [0.717, 1.165) is 16.5 Å². The second-order valence-electron chi connectivity index (χ2n) is 6.83. The van der Waals surface area contributed by atoms with Gasteiger partial charge >= 0.3 is 0 Å². The lowest BCUT2D eigenvalue weighted by atomic mass is 10.1. The van der Waals surface area contributed by atoms with Crippen molar-refractivity contribution in [2.24, 2.45) is 11.7 Å². The summed E-state index contributed by atoms with van der Waals surface area (Å²) in [6, 6.07) is 20.0. The fourth-order valence-electron chi connectivity index (χ4n) is 3.52. The molecular weight excluding hydrogens is 354 g/mol. The lowest BCUT2D eigenvalue weighted by molar-refractivity contribution is -0.122. The molecule has 3 aromatic carbocycles. The largest absolute Gasteiger partial charge is 0.366 e. The number of carbonyl (C=O) groups is 3. The van der Waals surface area contributed by atoms with Gasteiger partial charge in [-0.25, -0.2) is 0 Å². The number of anilines is 2. The number of nitrogens with zero attached hydrogens (tertiary/aromatic N) is 1. The molecule has 140 valence electrons. The van der Waals surface area contributed by atoms with E-state index in [0.29, 0.717) is 17.8 Å². The van der Waals surface area contributed by atoms with Crippen molar-refractivity contribution in [1.29, 1.82) is 0 Å². The lowest BCUT2D eigenvalue weighted by Gasteiger charge is -2.19. The molecule has 0 aromatic heterocycles. The molecule has 0 saturated carbocycles. The molecule has 3 amide bonds. The van der Waals surface area contributed by atoms with E-state index in [1.807, 2.05) is 42.5 Å². The summed E-state index contributed by atoms with van der Waals surface area (Å²) in [5.41, 5.74) is 6.98. The summed E-state index contributed by atoms with van der Waals surface area (Å²) in [6.45, 7) is 0.331. The molecule has 0 bridgehead atoms. The van der Waals surface area contributed by atoms with Crippen LogP contribution in [0.3, 0.4) is 0 Å². The summed E-state index contributed by atoms with van der Waals surface area (Å²) in [7, 11) is 0. The quantitative estimate of drug-likeness (QED) is 0.736. The first-order valence-electron chi connectivity index (χ1n) is 9.02. The van der Waals surface area contributed by atoms with Crippen LogP contribution in [0, 0.1) is 5.92 Å². The van der Waals surface area contributed by atoms with Crippen LogP contribution in [0.5, 0.6) is 0 Å². The molecular formula is C22H19N3O3. The molecule has 0 unspecified atom stereocenters. The zero-order valence-corrected chi connectivity index (χ0v) is 15.1. The number of primary amides is 1. The van der Waals surface area contributed by atoms with Gasteiger partial charge in [0.05, 0.1) is 11.6 Å². The van der Waals surface area contributed by atoms with E-state index in [9.17, 15) is 14.4 Å². The summed E-state index contributed by atoms with van der Waals surface area (Å²) >= 11 is 0. The van der Waals surface area contributed by atoms with Gasteiger partial charge in [0.25, 0.3) is 0 Å². The van der Waals surface area contributed by atoms with Crippen LogP contribution in [0.25, 0.3) is 10.8 Å². The first-order valence-corrected chi connectivity index (χ1v) is 9.02. The van der Waals surface area contributed by atoms with Crippen LogP contribution in [-0.4, -0.2) is 24.3 Å². The van der Waals surface area contributed by atoms with E-state index < -0.39 is 11.8 Å². The lowest BCUT2D eigenvalue weighted by Crippen LogP contribution is -2.28. The zero-order chi connectivity index (χ0) is 19.7. The van der Waals surface area contributed by atoms with Gasteiger partial charge in [0.1, 0.15) is 0 Å². The molecule has 6 nitrogen and oxygen atoms in total. The summed E-state index contributed by atoms with van der Waals surface area (Å²) in [5.74, 6) is -1.25. The first-order chi connectivity index (χ1) is 13.5. The van der Waals surface area contributed by atoms with Crippen molar-refractivity contribution >= 4 is 39.9 Å². The van der Waals surface area contributed by atoms with Crippen molar-refractivity contribution in [2.75, 3.05) is 16.8 Å². The predicted octanol–water partition coefficient (Wildman–Crippen LogP) is 2.93. The van der Waals surface area contributed by atoms with Crippen LogP contribution in [-0.2, 0) is 9.59 Å². The van der Waals surface area contributed by atoms with Crippen molar-refractivity contribution in [3.63, 3.8) is 0 Å². The van der Waals surface area contributed by atoms with Gasteiger partial charge in [0.15, 0.2) is 0 Å². The molecule has 0 aliphatic carbocycles. The molecule has 3 N–H and O–H groups in total. The minimum Gasteiger partial charge on any atom is -0.366 e. The van der Waals surface area contributed by atoms with Crippen LogP contribution < -0.4 is 16.0 Å². The van der Waals surface area contributed by atoms with Crippen LogP contribution >= 0.6 is 0 Å². The molecule has 1 saturated heterocycles. The number of carbonyl (C=O) groups excluding carboxylic acids is 3. The number of rotatable bonds is 4. The number of fused-ring (bicyclic) bond motifs is 1. The highest BCUT2D eigenvalue weighted by Crippen LogP contribution is 2.32. The van der Waals surface area contributed by atoms with E-state index in [1.54, 1.807) is 29.2 Å². The van der Waals surface area contributed by atoms with Crippen LogP contribution in [0.4, 0.5) is 11.4 Å². The normalized spacial score (nSPS) is 16.4. The average molecular weight is 373 g/mol. The Bertz CT molecular complexity index is 1070. The second-order valence-corrected chi connectivity index (χ2v) is 6.83. The number of benzene rings is 3. The number of hydrogen-bond acceptors (Lipinski definition) is 3. The third-order valence-corrected chi connectivity index (χ3v) is 4.99. The maximum atomic E-state index is 12.6. The van der Waals surface area contributed by atoms with Gasteiger partial charge in [0, 0.05) is 29.6 Å². The highest BCUT2D eigenvalue weighted by molar-refractivity contribution is 6.08. The highest BCUT2D eigenvalue weighted by atomic mass is 16.2. The van der Waals surface area contributed by atoms with Crippen LogP contribution in [0.2, 0.25) is 0 Å². The molecule has 1 heterocycles. The van der Waals surface area contributed by atoms with Gasteiger partial charge in [-0.15, -0.1) is 0 Å². The Morgan fingerprint density at radius 2 is 1.68 bits per heavy atom. The minimum atomic E-state index is -0.523. The van der Waals surface area contributed by atoms with E-state index in [2.05, 4.69) is 5.32 Å². The SMILES string of the molecule is NC(=O)c1ccc(NC(=O)[C@H]2CC(=O)N(c3cccc4ccccc34)C2)cc1. The Morgan fingerprint density at radius 1 is 0.964 bits per heavy atom. The fourth-order valence-corrected chi connectivity index (χ4v) is 3.52. The van der Waals surface area contributed by atoms with Crippen molar-refractivity contribution in [2.45, 2.75) is 6.42 Å². The predicted molar refractivity (Wildman–Crippen MR) is 108 cm³/mol. The zero-order valence-electron chi connectivity index (χ0n) is 15.1. The topological polar surface area (TPSA) is 92.5 Å². The standard InChI is InChI=1S/C22H19N3O3/c23-21(27)15-8-10-17(11-9-15)24-22(28)16-12-20(26)25(13-16)19-7-3-5-14-4-1-2-6-18(14)19/h1-11,16H,12-13H2,(H2,23,27)(H,24,28)/t16-/m0/s1. The third-order valence-electron chi connectivity index (χ3n) is 4.99. The third kappa shape index (κ3) is 3.32. The Hall–Kier alpha value is -3.67. The van der Waals surface area contributed by atoms with Crippen molar-refractivity contribution in [3.8, 4) is 0 Å². The molecule has 0 spiro atoms. The van der Waals surface area contributed by atoms with Gasteiger partial charge < -0.3 is 16.0 Å². The number of hydrogen-bond donors (Lipinski definition) is 2. The molecule has 3 aromatic rings. The Labute approximate surface area is 161 Å². The van der Waals surface area contributed by atoms with Gasteiger partial charge in [-0.1, -0.05) is 36.4 Å². The minimum absolute atomic E-state index is 0.0689. The summed E-state index contributed by atoms with van der Waals surface area (Å²) < 4.78 is 0. The molecule has 0 radical (unpaired) electrons. The van der Waals surface area contributed by atoms with Gasteiger partial charge in [-0.3, -0.25) is 14.4 Å². The monoisotopic (exact) mass is 373 g/mol. The Kier molecular flexibility index (Phi) is 4.53. The van der Waals surface area contributed by atoms with Crippen molar-refractivity contribution in [1.82, 2.24) is 0 Å². The van der Waals surface area contributed by atoms with Gasteiger partial charge in [-0.2, -0.15) is 0 Å². The smallest absolute Gasteiger partial charge is 0.248 e. The molecule has 1 aliphatic heterocycles. The Balaban J connectivity index is 1.51.